The van der Waals surface area contributed by atoms with Gasteiger partial charge in [-0.15, -0.1) is 0 Å². The van der Waals surface area contributed by atoms with Crippen LogP contribution in [0.4, 0.5) is 0 Å². The van der Waals surface area contributed by atoms with Crippen molar-refractivity contribution in [3.63, 3.8) is 0 Å². The number of aliphatic hydroxyl groups is 1. The molecule has 2 aromatic carbocycles. The van der Waals surface area contributed by atoms with Crippen molar-refractivity contribution >= 4 is 29.1 Å². The molecular formula is C24H27ClN2O3. The molecule has 2 aromatic rings. The second-order valence-corrected chi connectivity index (χ2v) is 7.82. The summed E-state index contributed by atoms with van der Waals surface area (Å²) in [5.74, 6) is -1.45. The number of likely N-dealkylation sites (tertiary alicyclic amines) is 1. The third kappa shape index (κ3) is 4.27. The third-order valence-corrected chi connectivity index (χ3v) is 5.91. The Kier molecular flexibility index (Phi) is 6.95. The van der Waals surface area contributed by atoms with E-state index in [9.17, 15) is 14.7 Å². The van der Waals surface area contributed by atoms with Crippen LogP contribution in [0.15, 0.2) is 54.1 Å². The van der Waals surface area contributed by atoms with E-state index in [4.69, 9.17) is 11.6 Å². The molecule has 30 heavy (non-hydrogen) atoms. The topological polar surface area (TPSA) is 60.9 Å². The smallest absolute Gasteiger partial charge is 0.295 e. The third-order valence-electron chi connectivity index (χ3n) is 5.67. The minimum Gasteiger partial charge on any atom is -0.507 e. The van der Waals surface area contributed by atoms with E-state index in [1.807, 2.05) is 31.2 Å². The van der Waals surface area contributed by atoms with Crippen molar-refractivity contribution in [2.45, 2.75) is 26.8 Å². The number of aryl methyl sites for hydroxylation is 1. The molecule has 0 spiro atoms. The van der Waals surface area contributed by atoms with Crippen LogP contribution in [0, 0.1) is 6.92 Å². The van der Waals surface area contributed by atoms with Crippen LogP contribution >= 0.6 is 11.6 Å². The number of benzene rings is 2. The summed E-state index contributed by atoms with van der Waals surface area (Å²) >= 11 is 6.08. The number of Topliss-reactive ketones (excluding diaryl/α,β-unsaturated/α-hetero) is 1. The van der Waals surface area contributed by atoms with Gasteiger partial charge in [-0.05, 0) is 43.3 Å². The van der Waals surface area contributed by atoms with Crippen LogP contribution < -0.4 is 0 Å². The lowest BCUT2D eigenvalue weighted by molar-refractivity contribution is -0.140. The molecule has 0 aromatic heterocycles. The minimum absolute atomic E-state index is 0.108. The number of likely N-dealkylation sites (N-methyl/N-ethyl adjacent to an activating group) is 1. The summed E-state index contributed by atoms with van der Waals surface area (Å²) in [7, 11) is 0. The van der Waals surface area contributed by atoms with Crippen LogP contribution in [-0.4, -0.2) is 52.8 Å². The highest BCUT2D eigenvalue weighted by Gasteiger charge is 2.46. The van der Waals surface area contributed by atoms with Crippen LogP contribution in [0.2, 0.25) is 5.02 Å². The Morgan fingerprint density at radius 1 is 1.10 bits per heavy atom. The number of ketones is 1. The molecular weight excluding hydrogens is 400 g/mol. The molecule has 0 radical (unpaired) electrons. The molecule has 1 amide bonds. The molecule has 1 aliphatic rings. The Labute approximate surface area is 182 Å². The summed E-state index contributed by atoms with van der Waals surface area (Å²) in [5, 5.41) is 11.5. The van der Waals surface area contributed by atoms with Gasteiger partial charge in [-0.1, -0.05) is 61.8 Å². The van der Waals surface area contributed by atoms with Gasteiger partial charge >= 0.3 is 0 Å². The first-order valence-corrected chi connectivity index (χ1v) is 10.6. The second kappa shape index (κ2) is 9.45. The summed E-state index contributed by atoms with van der Waals surface area (Å²) in [6, 6.07) is 13.7. The van der Waals surface area contributed by atoms with E-state index in [2.05, 4.69) is 18.7 Å². The summed E-state index contributed by atoms with van der Waals surface area (Å²) in [6.07, 6.45) is 0. The fourth-order valence-corrected chi connectivity index (χ4v) is 4.10. The van der Waals surface area contributed by atoms with E-state index in [1.54, 1.807) is 29.2 Å². The van der Waals surface area contributed by atoms with Crippen LogP contribution in [0.25, 0.3) is 5.76 Å². The minimum atomic E-state index is -0.666. The van der Waals surface area contributed by atoms with Crippen molar-refractivity contribution in [3.05, 3.63) is 75.8 Å². The van der Waals surface area contributed by atoms with E-state index in [0.717, 1.165) is 24.2 Å². The van der Waals surface area contributed by atoms with Crippen molar-refractivity contribution in [2.75, 3.05) is 26.2 Å². The van der Waals surface area contributed by atoms with Gasteiger partial charge in [0.2, 0.25) is 0 Å². The van der Waals surface area contributed by atoms with Gasteiger partial charge in [0.05, 0.1) is 11.6 Å². The lowest BCUT2D eigenvalue weighted by atomic mass is 9.92. The Morgan fingerprint density at radius 3 is 2.43 bits per heavy atom. The van der Waals surface area contributed by atoms with Gasteiger partial charge in [-0.25, -0.2) is 0 Å². The fourth-order valence-electron chi connectivity index (χ4n) is 3.91. The van der Waals surface area contributed by atoms with Crippen molar-refractivity contribution < 1.29 is 14.7 Å². The quantitative estimate of drug-likeness (QED) is 0.404. The second-order valence-electron chi connectivity index (χ2n) is 7.39. The van der Waals surface area contributed by atoms with Crippen LogP contribution in [0.5, 0.6) is 0 Å². The first kappa shape index (κ1) is 22.1. The molecule has 3 rings (SSSR count). The van der Waals surface area contributed by atoms with Crippen molar-refractivity contribution in [2.24, 2.45) is 0 Å². The average molecular weight is 427 g/mol. The lowest BCUT2D eigenvalue weighted by Crippen LogP contribution is -2.38. The maximum absolute atomic E-state index is 13.0. The Bertz CT molecular complexity index is 982. The molecule has 1 saturated heterocycles. The number of amides is 1. The van der Waals surface area contributed by atoms with Crippen LogP contribution in [-0.2, 0) is 9.59 Å². The van der Waals surface area contributed by atoms with Crippen LogP contribution in [0.1, 0.15) is 36.6 Å². The number of hydrogen-bond donors (Lipinski definition) is 1. The SMILES string of the molecule is CCN(CC)CCN1C(=O)C(=O)/C(=C(/O)c2cccc(Cl)c2)C1c1ccccc1C. The molecule has 1 aliphatic heterocycles. The molecule has 0 bridgehead atoms. The Balaban J connectivity index is 2.13. The first-order chi connectivity index (χ1) is 14.4. The zero-order chi connectivity index (χ0) is 21.8. The first-order valence-electron chi connectivity index (χ1n) is 10.2. The molecule has 1 N–H and O–H groups in total. The Morgan fingerprint density at radius 2 is 1.80 bits per heavy atom. The predicted octanol–water partition coefficient (Wildman–Crippen LogP) is 4.41. The largest absolute Gasteiger partial charge is 0.507 e. The highest BCUT2D eigenvalue weighted by Crippen LogP contribution is 2.40. The molecule has 1 fully saturated rings. The van der Waals surface area contributed by atoms with Crippen LogP contribution in [0.3, 0.4) is 0 Å². The number of halogens is 1. The molecule has 5 nitrogen and oxygen atoms in total. The molecule has 0 aliphatic carbocycles. The molecule has 6 heteroatoms. The number of carbonyl (C=O) groups is 2. The number of carbonyl (C=O) groups excluding carboxylic acids is 2. The number of rotatable bonds is 7. The van der Waals surface area contributed by atoms with Gasteiger partial charge in [0.1, 0.15) is 5.76 Å². The van der Waals surface area contributed by atoms with E-state index in [-0.39, 0.29) is 11.3 Å². The maximum atomic E-state index is 13.0. The normalized spacial score (nSPS) is 18.4. The fraction of sp³-hybridized carbons (Fsp3) is 0.333. The van der Waals surface area contributed by atoms with Crippen molar-refractivity contribution in [1.82, 2.24) is 9.80 Å². The van der Waals surface area contributed by atoms with Crippen molar-refractivity contribution in [1.29, 1.82) is 0 Å². The van der Waals surface area contributed by atoms with E-state index < -0.39 is 17.7 Å². The highest BCUT2D eigenvalue weighted by atomic mass is 35.5. The predicted molar refractivity (Wildman–Crippen MR) is 119 cm³/mol. The lowest BCUT2D eigenvalue weighted by Gasteiger charge is -2.29. The number of hydrogen-bond acceptors (Lipinski definition) is 4. The van der Waals surface area contributed by atoms with E-state index in [1.165, 1.54) is 0 Å². The molecule has 1 unspecified atom stereocenters. The van der Waals surface area contributed by atoms with Gasteiger partial charge in [0.15, 0.2) is 0 Å². The van der Waals surface area contributed by atoms with E-state index >= 15 is 0 Å². The summed E-state index contributed by atoms with van der Waals surface area (Å²) in [4.78, 5) is 29.8. The number of nitrogens with zero attached hydrogens (tertiary/aromatic N) is 2. The van der Waals surface area contributed by atoms with Gasteiger partial charge in [0, 0.05) is 23.7 Å². The summed E-state index contributed by atoms with van der Waals surface area (Å²) in [6.45, 7) is 8.84. The summed E-state index contributed by atoms with van der Waals surface area (Å²) < 4.78 is 0. The zero-order valence-electron chi connectivity index (χ0n) is 17.6. The zero-order valence-corrected chi connectivity index (χ0v) is 18.3. The maximum Gasteiger partial charge on any atom is 0.295 e. The highest BCUT2D eigenvalue weighted by molar-refractivity contribution is 6.46. The van der Waals surface area contributed by atoms with Gasteiger partial charge in [-0.2, -0.15) is 0 Å². The van der Waals surface area contributed by atoms with Gasteiger partial charge in [0.25, 0.3) is 11.7 Å². The van der Waals surface area contributed by atoms with Gasteiger partial charge < -0.3 is 14.9 Å². The molecule has 1 heterocycles. The van der Waals surface area contributed by atoms with Gasteiger partial charge in [-0.3, -0.25) is 9.59 Å². The van der Waals surface area contributed by atoms with E-state index in [0.29, 0.717) is 23.7 Å². The monoisotopic (exact) mass is 426 g/mol. The molecule has 158 valence electrons. The standard InChI is InChI=1S/C24H27ClN2O3/c1-4-26(5-2)13-14-27-21(19-12-7-6-9-16(19)3)20(23(29)24(27)30)22(28)17-10-8-11-18(25)15-17/h6-12,15,21,28H,4-5,13-14H2,1-3H3/b22-20+. The molecule has 1 atom stereocenters. The number of aliphatic hydroxyl groups excluding tert-OH is 1. The molecule has 0 saturated carbocycles. The van der Waals surface area contributed by atoms with Crippen molar-refractivity contribution in [3.8, 4) is 0 Å². The Hall–Kier alpha value is -2.63. The average Bonchev–Trinajstić information content (AvgIpc) is 2.99. The summed E-state index contributed by atoms with van der Waals surface area (Å²) in [5.41, 5.74) is 2.31.